The predicted octanol–water partition coefficient (Wildman–Crippen LogP) is 3.92. The summed E-state index contributed by atoms with van der Waals surface area (Å²) in [7, 11) is 0. The minimum absolute atomic E-state index is 0.746. The average Bonchev–Trinajstić information content (AvgIpc) is 2.34. The first-order valence-electron chi connectivity index (χ1n) is 6.76. The van der Waals surface area contributed by atoms with Crippen LogP contribution in [-0.2, 0) is 6.42 Å². The van der Waals surface area contributed by atoms with E-state index in [0.717, 1.165) is 18.2 Å². The minimum Gasteiger partial charge on any atom is -0.330 e. The number of hydrogen-bond acceptors (Lipinski definition) is 2. The highest BCUT2D eigenvalue weighted by Crippen LogP contribution is 2.34. The predicted molar refractivity (Wildman–Crippen MR) is 76.7 cm³/mol. The zero-order valence-corrected chi connectivity index (χ0v) is 11.6. The highest BCUT2D eigenvalue weighted by molar-refractivity contribution is 8.00. The summed E-state index contributed by atoms with van der Waals surface area (Å²) in [6.45, 7) is 2.95. The summed E-state index contributed by atoms with van der Waals surface area (Å²) in [5.74, 6) is 0. The van der Waals surface area contributed by atoms with Crippen LogP contribution in [0.15, 0.2) is 23.1 Å². The lowest BCUT2D eigenvalue weighted by atomic mass is 10.0. The van der Waals surface area contributed by atoms with Gasteiger partial charge in [0, 0.05) is 10.1 Å². The lowest BCUT2D eigenvalue weighted by Gasteiger charge is -2.21. The third-order valence-electron chi connectivity index (χ3n) is 3.58. The van der Waals surface area contributed by atoms with Gasteiger partial charge in [-0.05, 0) is 56.0 Å². The first kappa shape index (κ1) is 13.0. The zero-order valence-electron chi connectivity index (χ0n) is 10.7. The molecule has 1 aromatic carbocycles. The SMILES string of the molecule is Cc1cc(SC2CCCCC2)ccc1CCN. The van der Waals surface area contributed by atoms with E-state index in [9.17, 15) is 0 Å². The fourth-order valence-electron chi connectivity index (χ4n) is 2.55. The summed E-state index contributed by atoms with van der Waals surface area (Å²) in [6, 6.07) is 6.87. The number of nitrogens with two attached hydrogens (primary N) is 1. The van der Waals surface area contributed by atoms with Crippen LogP contribution in [0.4, 0.5) is 0 Å². The van der Waals surface area contributed by atoms with Crippen LogP contribution in [0.5, 0.6) is 0 Å². The van der Waals surface area contributed by atoms with Crippen molar-refractivity contribution in [2.75, 3.05) is 6.54 Å². The van der Waals surface area contributed by atoms with Crippen molar-refractivity contribution in [2.24, 2.45) is 5.73 Å². The van der Waals surface area contributed by atoms with E-state index in [1.165, 1.54) is 48.1 Å². The number of rotatable bonds is 4. The third-order valence-corrected chi connectivity index (χ3v) is 4.91. The maximum absolute atomic E-state index is 5.61. The Morgan fingerprint density at radius 1 is 1.24 bits per heavy atom. The van der Waals surface area contributed by atoms with Crippen molar-refractivity contribution in [3.05, 3.63) is 29.3 Å². The first-order valence-corrected chi connectivity index (χ1v) is 7.64. The van der Waals surface area contributed by atoms with Crippen molar-refractivity contribution in [1.29, 1.82) is 0 Å². The number of thioether (sulfide) groups is 1. The molecule has 17 heavy (non-hydrogen) atoms. The van der Waals surface area contributed by atoms with Crippen LogP contribution < -0.4 is 5.73 Å². The molecule has 0 amide bonds. The minimum atomic E-state index is 0.746. The molecule has 1 aliphatic carbocycles. The van der Waals surface area contributed by atoms with E-state index in [1.807, 2.05) is 0 Å². The fourth-order valence-corrected chi connectivity index (χ4v) is 3.90. The normalized spacial score (nSPS) is 17.3. The Morgan fingerprint density at radius 2 is 2.00 bits per heavy atom. The highest BCUT2D eigenvalue weighted by atomic mass is 32.2. The average molecular weight is 249 g/mol. The van der Waals surface area contributed by atoms with Crippen molar-refractivity contribution in [3.63, 3.8) is 0 Å². The second-order valence-electron chi connectivity index (χ2n) is 5.00. The molecule has 0 aromatic heterocycles. The number of benzene rings is 1. The van der Waals surface area contributed by atoms with E-state index >= 15 is 0 Å². The summed E-state index contributed by atoms with van der Waals surface area (Å²) in [4.78, 5) is 1.44. The largest absolute Gasteiger partial charge is 0.330 e. The Bertz CT molecular complexity index is 356. The molecular formula is C15H23NS. The van der Waals surface area contributed by atoms with Crippen LogP contribution in [0, 0.1) is 6.92 Å². The van der Waals surface area contributed by atoms with Gasteiger partial charge in [-0.2, -0.15) is 0 Å². The van der Waals surface area contributed by atoms with Crippen molar-refractivity contribution in [2.45, 2.75) is 55.6 Å². The Balaban J connectivity index is 1.98. The third kappa shape index (κ3) is 3.75. The van der Waals surface area contributed by atoms with Gasteiger partial charge in [-0.1, -0.05) is 25.3 Å². The molecular weight excluding hydrogens is 226 g/mol. The monoisotopic (exact) mass is 249 g/mol. The summed E-state index contributed by atoms with van der Waals surface area (Å²) in [5.41, 5.74) is 8.41. The summed E-state index contributed by atoms with van der Waals surface area (Å²) < 4.78 is 0. The lowest BCUT2D eigenvalue weighted by Crippen LogP contribution is -2.08. The molecule has 1 saturated carbocycles. The van der Waals surface area contributed by atoms with Crippen molar-refractivity contribution in [3.8, 4) is 0 Å². The van der Waals surface area contributed by atoms with E-state index < -0.39 is 0 Å². The van der Waals surface area contributed by atoms with Crippen LogP contribution in [0.3, 0.4) is 0 Å². The van der Waals surface area contributed by atoms with Gasteiger partial charge in [-0.15, -0.1) is 11.8 Å². The Kier molecular flexibility index (Phi) is 4.93. The van der Waals surface area contributed by atoms with E-state index in [1.54, 1.807) is 0 Å². The van der Waals surface area contributed by atoms with Gasteiger partial charge < -0.3 is 5.73 Å². The van der Waals surface area contributed by atoms with Crippen molar-refractivity contribution < 1.29 is 0 Å². The van der Waals surface area contributed by atoms with E-state index in [-0.39, 0.29) is 0 Å². The number of aryl methyl sites for hydroxylation is 1. The topological polar surface area (TPSA) is 26.0 Å². The van der Waals surface area contributed by atoms with Crippen LogP contribution in [0.1, 0.15) is 43.2 Å². The van der Waals surface area contributed by atoms with Crippen LogP contribution >= 0.6 is 11.8 Å². The molecule has 2 heteroatoms. The molecule has 0 unspecified atom stereocenters. The maximum Gasteiger partial charge on any atom is 0.00944 e. The number of hydrogen-bond donors (Lipinski definition) is 1. The highest BCUT2D eigenvalue weighted by Gasteiger charge is 2.14. The molecule has 0 aliphatic heterocycles. The van der Waals surface area contributed by atoms with Gasteiger partial charge in [-0.3, -0.25) is 0 Å². The molecule has 0 spiro atoms. The standard InChI is InChI=1S/C15H23NS/c1-12-11-15(8-7-13(12)9-10-16)17-14-5-3-2-4-6-14/h7-8,11,14H,2-6,9-10,16H2,1H3. The molecule has 1 nitrogen and oxygen atoms in total. The van der Waals surface area contributed by atoms with Gasteiger partial charge >= 0.3 is 0 Å². The summed E-state index contributed by atoms with van der Waals surface area (Å²) >= 11 is 2.07. The molecule has 0 saturated heterocycles. The smallest absolute Gasteiger partial charge is 0.00944 e. The maximum atomic E-state index is 5.61. The van der Waals surface area contributed by atoms with Gasteiger partial charge in [0.1, 0.15) is 0 Å². The molecule has 0 bridgehead atoms. The van der Waals surface area contributed by atoms with Gasteiger partial charge in [0.25, 0.3) is 0 Å². The van der Waals surface area contributed by atoms with Crippen LogP contribution in [0.2, 0.25) is 0 Å². The Morgan fingerprint density at radius 3 is 2.65 bits per heavy atom. The van der Waals surface area contributed by atoms with Gasteiger partial charge in [0.05, 0.1) is 0 Å². The van der Waals surface area contributed by atoms with Gasteiger partial charge in [-0.25, -0.2) is 0 Å². The van der Waals surface area contributed by atoms with E-state index in [2.05, 4.69) is 36.9 Å². The lowest BCUT2D eigenvalue weighted by molar-refractivity contribution is 0.516. The molecule has 0 heterocycles. The summed E-state index contributed by atoms with van der Waals surface area (Å²) in [6.07, 6.45) is 8.07. The Labute approximate surface area is 109 Å². The zero-order chi connectivity index (χ0) is 12.1. The molecule has 94 valence electrons. The fraction of sp³-hybridized carbons (Fsp3) is 0.600. The second kappa shape index (κ2) is 6.46. The van der Waals surface area contributed by atoms with E-state index in [0.29, 0.717) is 0 Å². The molecule has 1 aromatic rings. The van der Waals surface area contributed by atoms with Crippen LogP contribution in [-0.4, -0.2) is 11.8 Å². The summed E-state index contributed by atoms with van der Waals surface area (Å²) in [5, 5.41) is 0.850. The Hall–Kier alpha value is -0.470. The van der Waals surface area contributed by atoms with Gasteiger partial charge in [0.15, 0.2) is 0 Å². The molecule has 2 N–H and O–H groups in total. The van der Waals surface area contributed by atoms with Gasteiger partial charge in [0.2, 0.25) is 0 Å². The van der Waals surface area contributed by atoms with Crippen molar-refractivity contribution in [1.82, 2.24) is 0 Å². The second-order valence-corrected chi connectivity index (χ2v) is 6.38. The molecule has 1 aliphatic rings. The molecule has 0 radical (unpaired) electrons. The van der Waals surface area contributed by atoms with Crippen LogP contribution in [0.25, 0.3) is 0 Å². The first-order chi connectivity index (χ1) is 8.29. The molecule has 0 atom stereocenters. The molecule has 2 rings (SSSR count). The van der Waals surface area contributed by atoms with Crippen molar-refractivity contribution >= 4 is 11.8 Å². The molecule has 1 fully saturated rings. The van der Waals surface area contributed by atoms with E-state index in [4.69, 9.17) is 5.73 Å². The quantitative estimate of drug-likeness (QED) is 0.875.